The molecule has 2 aliphatic heterocycles. The maximum atomic E-state index is 12.7. The van der Waals surface area contributed by atoms with Crippen LogP contribution in [-0.2, 0) is 9.53 Å². The van der Waals surface area contributed by atoms with Crippen molar-refractivity contribution in [3.05, 3.63) is 24.2 Å². The van der Waals surface area contributed by atoms with E-state index in [1.54, 1.807) is 11.0 Å². The average molecular weight is 363 g/mol. The molecule has 0 bridgehead atoms. The number of nitrogens with zero attached hydrogens (tertiary/aromatic N) is 2. The van der Waals surface area contributed by atoms with E-state index in [4.69, 9.17) is 9.15 Å². The smallest absolute Gasteiger partial charge is 0.257 e. The van der Waals surface area contributed by atoms with Gasteiger partial charge in [-0.2, -0.15) is 0 Å². The second-order valence-electron chi connectivity index (χ2n) is 7.05. The van der Waals surface area contributed by atoms with Crippen molar-refractivity contribution in [2.75, 3.05) is 45.9 Å². The standard InChI is InChI=1S/C19H29N3O4/c23-18(20-7-11-21-8-1-2-9-21)5-10-22(14-17-4-3-12-26-17)19(24)16-6-13-25-15-16/h6,13,15,17H,1-5,7-12,14H2,(H,20,23). The fourth-order valence-corrected chi connectivity index (χ4v) is 3.56. The van der Waals surface area contributed by atoms with Gasteiger partial charge in [-0.25, -0.2) is 0 Å². The Morgan fingerprint density at radius 2 is 2.12 bits per heavy atom. The van der Waals surface area contributed by atoms with Crippen LogP contribution < -0.4 is 5.32 Å². The molecule has 3 rings (SSSR count). The number of nitrogens with one attached hydrogen (secondary N) is 1. The second kappa shape index (κ2) is 9.73. The van der Waals surface area contributed by atoms with E-state index in [2.05, 4.69) is 10.2 Å². The number of carbonyl (C=O) groups is 2. The Balaban J connectivity index is 1.44. The molecule has 0 saturated carbocycles. The van der Waals surface area contributed by atoms with E-state index in [9.17, 15) is 9.59 Å². The van der Waals surface area contributed by atoms with E-state index in [-0.39, 0.29) is 17.9 Å². The Morgan fingerprint density at radius 3 is 2.81 bits per heavy atom. The predicted molar refractivity (Wildman–Crippen MR) is 96.9 cm³/mol. The number of amides is 2. The third-order valence-electron chi connectivity index (χ3n) is 5.06. The topological polar surface area (TPSA) is 75.0 Å². The minimum atomic E-state index is -0.112. The third-order valence-corrected chi connectivity index (χ3v) is 5.06. The van der Waals surface area contributed by atoms with Crippen LogP contribution in [0.25, 0.3) is 0 Å². The summed E-state index contributed by atoms with van der Waals surface area (Å²) in [6, 6.07) is 1.65. The van der Waals surface area contributed by atoms with E-state index in [1.807, 2.05) is 0 Å². The lowest BCUT2D eigenvalue weighted by Crippen LogP contribution is -2.40. The van der Waals surface area contributed by atoms with Crippen LogP contribution in [0.1, 0.15) is 42.5 Å². The molecule has 7 nitrogen and oxygen atoms in total. The number of carbonyl (C=O) groups excluding carboxylic acids is 2. The largest absolute Gasteiger partial charge is 0.472 e. The van der Waals surface area contributed by atoms with Gasteiger partial charge >= 0.3 is 0 Å². The van der Waals surface area contributed by atoms with Gasteiger partial charge in [-0.1, -0.05) is 0 Å². The van der Waals surface area contributed by atoms with Crippen LogP contribution in [0.5, 0.6) is 0 Å². The Hall–Kier alpha value is -1.86. The number of furan rings is 1. The molecular weight excluding hydrogens is 334 g/mol. The van der Waals surface area contributed by atoms with Gasteiger partial charge in [0.05, 0.1) is 17.9 Å². The molecule has 0 aromatic carbocycles. The highest BCUT2D eigenvalue weighted by Crippen LogP contribution is 2.15. The van der Waals surface area contributed by atoms with Crippen molar-refractivity contribution in [1.82, 2.24) is 15.1 Å². The summed E-state index contributed by atoms with van der Waals surface area (Å²) in [6.07, 6.45) is 7.78. The highest BCUT2D eigenvalue weighted by atomic mass is 16.5. The first kappa shape index (κ1) is 18.9. The molecule has 1 atom stereocenters. The summed E-state index contributed by atoms with van der Waals surface area (Å²) in [4.78, 5) is 28.9. The fourth-order valence-electron chi connectivity index (χ4n) is 3.56. The molecule has 2 amide bonds. The normalized spacial score (nSPS) is 20.4. The number of hydrogen-bond acceptors (Lipinski definition) is 5. The minimum Gasteiger partial charge on any atom is -0.472 e. The molecular formula is C19H29N3O4. The number of likely N-dealkylation sites (tertiary alicyclic amines) is 1. The third kappa shape index (κ3) is 5.57. The van der Waals surface area contributed by atoms with E-state index >= 15 is 0 Å². The summed E-state index contributed by atoms with van der Waals surface area (Å²) in [7, 11) is 0. The molecule has 26 heavy (non-hydrogen) atoms. The first-order valence-electron chi connectivity index (χ1n) is 9.64. The SMILES string of the molecule is O=C(CCN(CC1CCCO1)C(=O)c1ccoc1)NCCN1CCCC1. The number of hydrogen-bond donors (Lipinski definition) is 1. The summed E-state index contributed by atoms with van der Waals surface area (Å²) in [5.74, 6) is -0.124. The highest BCUT2D eigenvalue weighted by Gasteiger charge is 2.24. The zero-order valence-corrected chi connectivity index (χ0v) is 15.3. The van der Waals surface area contributed by atoms with Crippen molar-refractivity contribution >= 4 is 11.8 Å². The maximum absolute atomic E-state index is 12.7. The van der Waals surface area contributed by atoms with Crippen molar-refractivity contribution in [2.45, 2.75) is 38.2 Å². The van der Waals surface area contributed by atoms with Crippen LogP contribution in [0.3, 0.4) is 0 Å². The minimum absolute atomic E-state index is 0.0125. The molecule has 7 heteroatoms. The second-order valence-corrected chi connectivity index (χ2v) is 7.05. The van der Waals surface area contributed by atoms with Gasteiger partial charge in [-0.15, -0.1) is 0 Å². The fraction of sp³-hybridized carbons (Fsp3) is 0.684. The van der Waals surface area contributed by atoms with Crippen LogP contribution in [0.15, 0.2) is 23.0 Å². The van der Waals surface area contributed by atoms with Gasteiger partial charge in [-0.3, -0.25) is 9.59 Å². The highest BCUT2D eigenvalue weighted by molar-refractivity contribution is 5.94. The van der Waals surface area contributed by atoms with E-state index in [1.165, 1.54) is 25.4 Å². The molecule has 3 heterocycles. The van der Waals surface area contributed by atoms with Crippen LogP contribution in [0, 0.1) is 0 Å². The van der Waals surface area contributed by atoms with Crippen LogP contribution in [-0.4, -0.2) is 73.6 Å². The molecule has 2 saturated heterocycles. The van der Waals surface area contributed by atoms with Gasteiger partial charge in [0.1, 0.15) is 6.26 Å². The van der Waals surface area contributed by atoms with Crippen molar-refractivity contribution in [2.24, 2.45) is 0 Å². The Morgan fingerprint density at radius 1 is 1.27 bits per heavy atom. The van der Waals surface area contributed by atoms with Gasteiger partial charge in [-0.05, 0) is 44.8 Å². The molecule has 0 spiro atoms. The van der Waals surface area contributed by atoms with Gasteiger partial charge in [0.25, 0.3) is 5.91 Å². The lowest BCUT2D eigenvalue weighted by Gasteiger charge is -2.25. The van der Waals surface area contributed by atoms with Crippen LogP contribution >= 0.6 is 0 Å². The zero-order chi connectivity index (χ0) is 18.2. The first-order valence-corrected chi connectivity index (χ1v) is 9.64. The van der Waals surface area contributed by atoms with Crippen molar-refractivity contribution in [3.8, 4) is 0 Å². The van der Waals surface area contributed by atoms with Crippen molar-refractivity contribution in [1.29, 1.82) is 0 Å². The summed E-state index contributed by atoms with van der Waals surface area (Å²) in [6.45, 7) is 5.48. The Bertz CT molecular complexity index is 563. The summed E-state index contributed by atoms with van der Waals surface area (Å²) >= 11 is 0. The van der Waals surface area contributed by atoms with Crippen molar-refractivity contribution < 1.29 is 18.7 Å². The molecule has 1 unspecified atom stereocenters. The number of ether oxygens (including phenoxy) is 1. The Kier molecular flexibility index (Phi) is 7.08. The summed E-state index contributed by atoms with van der Waals surface area (Å²) in [5.41, 5.74) is 0.512. The molecule has 0 aliphatic carbocycles. The number of rotatable bonds is 9. The van der Waals surface area contributed by atoms with Gasteiger partial charge < -0.3 is 24.3 Å². The van der Waals surface area contributed by atoms with Crippen LogP contribution in [0.2, 0.25) is 0 Å². The van der Waals surface area contributed by atoms with E-state index in [0.29, 0.717) is 31.6 Å². The molecule has 2 aliphatic rings. The van der Waals surface area contributed by atoms with Gasteiger partial charge in [0.15, 0.2) is 0 Å². The quantitative estimate of drug-likeness (QED) is 0.720. The first-order chi connectivity index (χ1) is 12.7. The zero-order valence-electron chi connectivity index (χ0n) is 15.3. The molecule has 0 radical (unpaired) electrons. The van der Waals surface area contributed by atoms with Gasteiger partial charge in [0, 0.05) is 39.2 Å². The maximum Gasteiger partial charge on any atom is 0.257 e. The monoisotopic (exact) mass is 363 g/mol. The molecule has 2 fully saturated rings. The van der Waals surface area contributed by atoms with E-state index < -0.39 is 0 Å². The lowest BCUT2D eigenvalue weighted by atomic mass is 10.2. The average Bonchev–Trinajstić information content (AvgIpc) is 3.41. The van der Waals surface area contributed by atoms with Gasteiger partial charge in [0.2, 0.25) is 5.91 Å². The molecule has 1 aromatic heterocycles. The van der Waals surface area contributed by atoms with Crippen LogP contribution in [0.4, 0.5) is 0 Å². The summed E-state index contributed by atoms with van der Waals surface area (Å²) in [5, 5.41) is 2.96. The Labute approximate surface area is 154 Å². The molecule has 1 N–H and O–H groups in total. The summed E-state index contributed by atoms with van der Waals surface area (Å²) < 4.78 is 10.7. The predicted octanol–water partition coefficient (Wildman–Crippen LogP) is 1.50. The van der Waals surface area contributed by atoms with Crippen molar-refractivity contribution in [3.63, 3.8) is 0 Å². The molecule has 144 valence electrons. The molecule has 1 aromatic rings. The van der Waals surface area contributed by atoms with E-state index in [0.717, 1.165) is 39.1 Å². The lowest BCUT2D eigenvalue weighted by molar-refractivity contribution is -0.121.